The van der Waals surface area contributed by atoms with E-state index in [1.807, 2.05) is 13.8 Å². The average Bonchev–Trinajstić information content (AvgIpc) is 2.55. The third kappa shape index (κ3) is 5.82. The van der Waals surface area contributed by atoms with Gasteiger partial charge in [0.1, 0.15) is 0 Å². The smallest absolute Gasteiger partial charge is 0.238 e. The Bertz CT molecular complexity index is 931. The van der Waals surface area contributed by atoms with Gasteiger partial charge in [0.05, 0.1) is 10.1 Å². The normalized spacial score (nSPS) is 13.3. The van der Waals surface area contributed by atoms with Gasteiger partial charge in [-0.15, -0.1) is 11.8 Å². The lowest BCUT2D eigenvalue weighted by atomic mass is 9.87. The Morgan fingerprint density at radius 1 is 1.11 bits per heavy atom. The molecule has 2 rings (SSSR count). The van der Waals surface area contributed by atoms with Gasteiger partial charge in [-0.2, -0.15) is 0 Å². The maximum atomic E-state index is 12.5. The molecule has 146 valence electrons. The summed E-state index contributed by atoms with van der Waals surface area (Å²) in [5, 5.41) is 7.58. The molecule has 0 aliphatic heterocycles. The maximum absolute atomic E-state index is 12.5. The topological polar surface area (TPSA) is 89.3 Å². The Hall–Kier alpha value is -1.83. The molecule has 0 saturated heterocycles. The molecule has 0 spiro atoms. The lowest BCUT2D eigenvalue weighted by molar-refractivity contribution is -0.115. The number of carbonyl (C=O) groups is 1. The summed E-state index contributed by atoms with van der Waals surface area (Å²) in [6.07, 6.45) is 0. The third-order valence-corrected chi connectivity index (χ3v) is 6.37. The maximum Gasteiger partial charge on any atom is 0.238 e. The number of rotatable bonds is 5. The number of aryl methyl sites for hydroxylation is 1. The van der Waals surface area contributed by atoms with Crippen LogP contribution in [0.25, 0.3) is 0 Å². The van der Waals surface area contributed by atoms with E-state index in [1.165, 1.54) is 41.6 Å². The molecule has 0 bridgehead atoms. The molecule has 1 amide bonds. The molecule has 2 aromatic carbocycles. The van der Waals surface area contributed by atoms with Crippen molar-refractivity contribution in [2.45, 2.75) is 55.1 Å². The summed E-state index contributed by atoms with van der Waals surface area (Å²) in [4.78, 5) is 13.6. The molecule has 0 saturated carbocycles. The van der Waals surface area contributed by atoms with Gasteiger partial charge in [-0.25, -0.2) is 13.6 Å². The standard InChI is InChI=1S/C20H26N2O3S2/c1-13-6-7-15(20(3,4)5)12-18(13)26-14(2)19(23)22-16-8-10-17(11-9-16)27(21,24)25/h6-12,14H,1-5H3,(H,22,23)(H2,21,24,25)/t14-/m0/s1. The Labute approximate surface area is 165 Å². The van der Waals surface area contributed by atoms with Gasteiger partial charge in [-0.05, 0) is 60.7 Å². The molecule has 3 N–H and O–H groups in total. The Balaban J connectivity index is 2.10. The van der Waals surface area contributed by atoms with Crippen LogP contribution in [0, 0.1) is 6.92 Å². The summed E-state index contributed by atoms with van der Waals surface area (Å²) in [7, 11) is -3.74. The van der Waals surface area contributed by atoms with Gasteiger partial charge in [0.25, 0.3) is 0 Å². The zero-order valence-corrected chi connectivity index (χ0v) is 17.9. The van der Waals surface area contributed by atoms with Crippen molar-refractivity contribution >= 4 is 33.4 Å². The van der Waals surface area contributed by atoms with Crippen molar-refractivity contribution in [1.29, 1.82) is 0 Å². The van der Waals surface area contributed by atoms with Crippen LogP contribution in [-0.2, 0) is 20.2 Å². The fraction of sp³-hybridized carbons (Fsp3) is 0.350. The molecule has 0 aliphatic carbocycles. The molecular formula is C20H26N2O3S2. The van der Waals surface area contributed by atoms with E-state index in [-0.39, 0.29) is 21.5 Å². The van der Waals surface area contributed by atoms with E-state index in [9.17, 15) is 13.2 Å². The number of amides is 1. The summed E-state index contributed by atoms with van der Waals surface area (Å²) < 4.78 is 22.6. The quantitative estimate of drug-likeness (QED) is 0.733. The van der Waals surface area contributed by atoms with Crippen molar-refractivity contribution in [3.63, 3.8) is 0 Å². The fourth-order valence-electron chi connectivity index (χ4n) is 2.41. The van der Waals surface area contributed by atoms with Gasteiger partial charge >= 0.3 is 0 Å². The number of carbonyl (C=O) groups excluding carboxylic acids is 1. The van der Waals surface area contributed by atoms with Crippen LogP contribution < -0.4 is 10.5 Å². The van der Waals surface area contributed by atoms with Crippen LogP contribution >= 0.6 is 11.8 Å². The number of anilines is 1. The molecule has 0 radical (unpaired) electrons. The first-order valence-corrected chi connectivity index (χ1v) is 11.0. The highest BCUT2D eigenvalue weighted by molar-refractivity contribution is 8.00. The Morgan fingerprint density at radius 2 is 1.70 bits per heavy atom. The number of thioether (sulfide) groups is 1. The highest BCUT2D eigenvalue weighted by atomic mass is 32.2. The second-order valence-electron chi connectivity index (χ2n) is 7.55. The molecule has 1 atom stereocenters. The van der Waals surface area contributed by atoms with E-state index in [1.54, 1.807) is 0 Å². The molecule has 7 heteroatoms. The van der Waals surface area contributed by atoms with E-state index in [0.29, 0.717) is 5.69 Å². The number of nitrogens with one attached hydrogen (secondary N) is 1. The summed E-state index contributed by atoms with van der Waals surface area (Å²) in [6.45, 7) is 10.4. The van der Waals surface area contributed by atoms with Gasteiger partial charge < -0.3 is 5.32 Å². The minimum Gasteiger partial charge on any atom is -0.325 e. The molecule has 27 heavy (non-hydrogen) atoms. The van der Waals surface area contributed by atoms with Crippen molar-refractivity contribution in [3.05, 3.63) is 53.6 Å². The molecule has 0 aliphatic rings. The summed E-state index contributed by atoms with van der Waals surface area (Å²) >= 11 is 1.51. The van der Waals surface area contributed by atoms with Crippen LogP contribution in [0.1, 0.15) is 38.8 Å². The molecule has 0 unspecified atom stereocenters. The predicted octanol–water partition coefficient (Wildman–Crippen LogP) is 4.06. The van der Waals surface area contributed by atoms with Gasteiger partial charge in [-0.3, -0.25) is 4.79 Å². The molecular weight excluding hydrogens is 380 g/mol. The van der Waals surface area contributed by atoms with Crippen molar-refractivity contribution in [2.75, 3.05) is 5.32 Å². The number of sulfonamides is 1. The lowest BCUT2D eigenvalue weighted by Gasteiger charge is -2.21. The highest BCUT2D eigenvalue weighted by Crippen LogP contribution is 2.32. The number of nitrogens with two attached hydrogens (primary N) is 1. The summed E-state index contributed by atoms with van der Waals surface area (Å²) in [5.41, 5.74) is 2.92. The van der Waals surface area contributed by atoms with Gasteiger partial charge in [-0.1, -0.05) is 32.9 Å². The van der Waals surface area contributed by atoms with Crippen molar-refractivity contribution in [1.82, 2.24) is 0 Å². The SMILES string of the molecule is Cc1ccc(C(C)(C)C)cc1S[C@@H](C)C(=O)Nc1ccc(S(N)(=O)=O)cc1. The van der Waals surface area contributed by atoms with Crippen LogP contribution in [0.5, 0.6) is 0 Å². The van der Waals surface area contributed by atoms with E-state index in [0.717, 1.165) is 10.5 Å². The zero-order valence-electron chi connectivity index (χ0n) is 16.2. The van der Waals surface area contributed by atoms with Crippen molar-refractivity contribution < 1.29 is 13.2 Å². The lowest BCUT2D eigenvalue weighted by Crippen LogP contribution is -2.22. The van der Waals surface area contributed by atoms with E-state index < -0.39 is 10.0 Å². The fourth-order valence-corrected chi connectivity index (χ4v) is 3.92. The number of primary sulfonamides is 1. The van der Waals surface area contributed by atoms with Crippen LogP contribution in [0.2, 0.25) is 0 Å². The molecule has 0 fully saturated rings. The van der Waals surface area contributed by atoms with Crippen LogP contribution in [0.3, 0.4) is 0 Å². The predicted molar refractivity (Wildman–Crippen MR) is 112 cm³/mol. The van der Waals surface area contributed by atoms with E-state index >= 15 is 0 Å². The number of hydrogen-bond donors (Lipinski definition) is 2. The Morgan fingerprint density at radius 3 is 2.22 bits per heavy atom. The molecule has 2 aromatic rings. The molecule has 0 heterocycles. The monoisotopic (exact) mass is 406 g/mol. The van der Waals surface area contributed by atoms with Crippen LogP contribution in [-0.4, -0.2) is 19.6 Å². The van der Waals surface area contributed by atoms with Crippen molar-refractivity contribution in [2.24, 2.45) is 5.14 Å². The average molecular weight is 407 g/mol. The van der Waals surface area contributed by atoms with Crippen LogP contribution in [0.4, 0.5) is 5.69 Å². The number of hydrogen-bond acceptors (Lipinski definition) is 4. The first kappa shape index (κ1) is 21.5. The third-order valence-electron chi connectivity index (χ3n) is 4.18. The molecule has 0 aromatic heterocycles. The van der Waals surface area contributed by atoms with Gasteiger partial charge in [0, 0.05) is 10.6 Å². The minimum absolute atomic E-state index is 0.0116. The Kier molecular flexibility index (Phi) is 6.39. The second kappa shape index (κ2) is 8.04. The first-order chi connectivity index (χ1) is 12.4. The zero-order chi connectivity index (χ0) is 20.4. The first-order valence-electron chi connectivity index (χ1n) is 8.59. The summed E-state index contributed by atoms with van der Waals surface area (Å²) in [5.74, 6) is -0.149. The second-order valence-corrected chi connectivity index (χ2v) is 10.5. The molecule has 5 nitrogen and oxygen atoms in total. The summed E-state index contributed by atoms with van der Waals surface area (Å²) in [6, 6.07) is 12.2. The largest absolute Gasteiger partial charge is 0.325 e. The van der Waals surface area contributed by atoms with Gasteiger partial charge in [0.2, 0.25) is 15.9 Å². The minimum atomic E-state index is -3.74. The van der Waals surface area contributed by atoms with Crippen LogP contribution in [0.15, 0.2) is 52.3 Å². The van der Waals surface area contributed by atoms with Crippen molar-refractivity contribution in [3.8, 4) is 0 Å². The van der Waals surface area contributed by atoms with E-state index in [2.05, 4.69) is 44.3 Å². The van der Waals surface area contributed by atoms with E-state index in [4.69, 9.17) is 5.14 Å². The highest BCUT2D eigenvalue weighted by Gasteiger charge is 2.19. The number of benzene rings is 2. The van der Waals surface area contributed by atoms with Gasteiger partial charge in [0.15, 0.2) is 0 Å².